The summed E-state index contributed by atoms with van der Waals surface area (Å²) in [5.41, 5.74) is 3.73. The minimum atomic E-state index is -0.354. The van der Waals surface area contributed by atoms with Gasteiger partial charge in [-0.1, -0.05) is 41.9 Å². The first kappa shape index (κ1) is 27.2. The third-order valence-electron chi connectivity index (χ3n) is 6.64. The van der Waals surface area contributed by atoms with E-state index < -0.39 is 0 Å². The van der Waals surface area contributed by atoms with Crippen molar-refractivity contribution in [2.45, 2.75) is 11.8 Å². The van der Waals surface area contributed by atoms with E-state index in [9.17, 15) is 14.0 Å². The van der Waals surface area contributed by atoms with Gasteiger partial charge in [0.2, 0.25) is 11.8 Å². The van der Waals surface area contributed by atoms with Crippen molar-refractivity contribution in [1.82, 2.24) is 20.1 Å². The van der Waals surface area contributed by atoms with Gasteiger partial charge in [0.1, 0.15) is 23.9 Å². The van der Waals surface area contributed by atoms with Crippen LogP contribution in [0.15, 0.2) is 90.6 Å². The largest absolute Gasteiger partial charge is 0.350 e. The quantitative estimate of drug-likeness (QED) is 0.237. The summed E-state index contributed by atoms with van der Waals surface area (Å²) in [6.45, 7) is 0.0844. The third kappa shape index (κ3) is 5.63. The molecule has 1 N–H and O–H groups in total. The van der Waals surface area contributed by atoms with Gasteiger partial charge in [-0.25, -0.2) is 9.07 Å². The summed E-state index contributed by atoms with van der Waals surface area (Å²) in [6.07, 6.45) is 3.32. The molecule has 0 spiro atoms. The molecular weight excluding hydrogens is 581 g/mol. The number of hydrogen-bond acceptors (Lipinski definition) is 6. The SMILES string of the molecule is O=C(CN1C(=O)CS[C@H](c2ccc(F)cc2)c2c(-c3cccs3)nn(-c3ccccc3Cl)c21)NCc1ccncc1. The fraction of sp³-hybridized carbons (Fsp3) is 0.133. The summed E-state index contributed by atoms with van der Waals surface area (Å²) >= 11 is 9.61. The van der Waals surface area contributed by atoms with Crippen molar-refractivity contribution in [2.75, 3.05) is 17.2 Å². The predicted molar refractivity (Wildman–Crippen MR) is 161 cm³/mol. The van der Waals surface area contributed by atoms with Crippen molar-refractivity contribution in [1.29, 1.82) is 0 Å². The van der Waals surface area contributed by atoms with Crippen molar-refractivity contribution < 1.29 is 14.0 Å². The fourth-order valence-corrected chi connectivity index (χ4v) is 6.84. The number of hydrogen-bond donors (Lipinski definition) is 1. The van der Waals surface area contributed by atoms with Crippen molar-refractivity contribution in [3.63, 3.8) is 0 Å². The summed E-state index contributed by atoms with van der Waals surface area (Å²) < 4.78 is 15.6. The van der Waals surface area contributed by atoms with E-state index in [1.54, 1.807) is 35.3 Å². The van der Waals surface area contributed by atoms with E-state index in [0.717, 1.165) is 21.6 Å². The number of thioether (sulfide) groups is 1. The number of para-hydroxylation sites is 1. The average molecular weight is 604 g/mol. The normalized spacial score (nSPS) is 14.9. The highest BCUT2D eigenvalue weighted by Gasteiger charge is 2.38. The van der Waals surface area contributed by atoms with Crippen LogP contribution in [-0.4, -0.2) is 38.9 Å². The molecule has 206 valence electrons. The number of nitrogens with zero attached hydrogens (tertiary/aromatic N) is 4. The zero-order valence-corrected chi connectivity index (χ0v) is 23.9. The van der Waals surface area contributed by atoms with Gasteiger partial charge in [-0.3, -0.25) is 19.5 Å². The molecule has 5 aromatic rings. The highest BCUT2D eigenvalue weighted by Crippen LogP contribution is 2.49. The molecule has 0 bridgehead atoms. The van der Waals surface area contributed by atoms with Gasteiger partial charge in [0.25, 0.3) is 0 Å². The first-order chi connectivity index (χ1) is 20.0. The van der Waals surface area contributed by atoms with Gasteiger partial charge in [0, 0.05) is 24.5 Å². The smallest absolute Gasteiger partial charge is 0.240 e. The number of amides is 2. The van der Waals surface area contributed by atoms with Crippen molar-refractivity contribution >= 4 is 52.3 Å². The van der Waals surface area contributed by atoms with Gasteiger partial charge in [0.05, 0.1) is 26.6 Å². The van der Waals surface area contributed by atoms with Crippen LogP contribution in [-0.2, 0) is 16.1 Å². The standard InChI is InChI=1S/C30H23ClFN5O2S2/c31-22-4-1-2-5-23(22)37-30-27(28(35-37)24-6-3-15-40-24)29(20-7-9-21(32)10-8-20)41-18-26(39)36(30)17-25(38)34-16-19-11-13-33-14-12-19/h1-15,29H,16-18H2,(H,34,38)/t29-/m1/s1. The first-order valence-electron chi connectivity index (χ1n) is 12.7. The van der Waals surface area contributed by atoms with Gasteiger partial charge >= 0.3 is 0 Å². The fourth-order valence-electron chi connectivity index (χ4n) is 4.71. The molecule has 2 amide bonds. The van der Waals surface area contributed by atoms with Gasteiger partial charge < -0.3 is 5.32 Å². The number of halogens is 2. The van der Waals surface area contributed by atoms with Gasteiger partial charge in [-0.05, 0) is 59.0 Å². The van der Waals surface area contributed by atoms with Crippen molar-refractivity contribution in [2.24, 2.45) is 0 Å². The molecular formula is C30H23ClFN5O2S2. The highest BCUT2D eigenvalue weighted by atomic mass is 35.5. The second kappa shape index (κ2) is 11.9. The topological polar surface area (TPSA) is 80.1 Å². The molecule has 6 rings (SSSR count). The molecule has 0 unspecified atom stereocenters. The summed E-state index contributed by atoms with van der Waals surface area (Å²) in [5.74, 6) is -0.339. The molecule has 41 heavy (non-hydrogen) atoms. The summed E-state index contributed by atoms with van der Waals surface area (Å²) in [5, 5.41) is 9.97. The number of pyridine rings is 1. The Kier molecular flexibility index (Phi) is 7.86. The zero-order chi connectivity index (χ0) is 28.3. The number of thiophene rings is 1. The Morgan fingerprint density at radius 2 is 1.83 bits per heavy atom. The lowest BCUT2D eigenvalue weighted by molar-refractivity contribution is -0.123. The number of nitrogens with one attached hydrogen (secondary N) is 1. The van der Waals surface area contributed by atoms with Crippen molar-refractivity contribution in [3.05, 3.63) is 118 Å². The van der Waals surface area contributed by atoms with Crippen LogP contribution in [0.4, 0.5) is 10.2 Å². The predicted octanol–water partition coefficient (Wildman–Crippen LogP) is 6.27. The van der Waals surface area contributed by atoms with Crippen LogP contribution in [0.3, 0.4) is 0 Å². The number of carbonyl (C=O) groups excluding carboxylic acids is 2. The van der Waals surface area contributed by atoms with E-state index in [1.165, 1.54) is 40.1 Å². The molecule has 0 fully saturated rings. The molecule has 0 radical (unpaired) electrons. The molecule has 11 heteroatoms. The maximum absolute atomic E-state index is 13.9. The molecule has 0 saturated carbocycles. The number of carbonyl (C=O) groups is 2. The second-order valence-electron chi connectivity index (χ2n) is 9.28. The van der Waals surface area contributed by atoms with E-state index in [-0.39, 0.29) is 35.2 Å². The summed E-state index contributed by atoms with van der Waals surface area (Å²) in [7, 11) is 0. The lowest BCUT2D eigenvalue weighted by Gasteiger charge is -2.23. The first-order valence-corrected chi connectivity index (χ1v) is 15.0. The molecule has 1 aliphatic rings. The lowest BCUT2D eigenvalue weighted by Crippen LogP contribution is -2.42. The maximum Gasteiger partial charge on any atom is 0.240 e. The molecule has 0 saturated heterocycles. The minimum absolute atomic E-state index is 0.112. The maximum atomic E-state index is 13.9. The lowest BCUT2D eigenvalue weighted by atomic mass is 10.0. The number of anilines is 1. The second-order valence-corrected chi connectivity index (χ2v) is 11.7. The van der Waals surface area contributed by atoms with E-state index in [1.807, 2.05) is 47.8 Å². The molecule has 1 aliphatic heterocycles. The highest BCUT2D eigenvalue weighted by molar-refractivity contribution is 8.00. The molecule has 1 atom stereocenters. The number of benzene rings is 2. The number of aromatic nitrogens is 3. The molecule has 2 aromatic carbocycles. The molecule has 4 heterocycles. The van der Waals surface area contributed by atoms with Crippen LogP contribution in [0.2, 0.25) is 5.02 Å². The van der Waals surface area contributed by atoms with Crippen LogP contribution in [0.5, 0.6) is 0 Å². The third-order valence-corrected chi connectivity index (χ3v) is 9.09. The average Bonchev–Trinajstić information content (AvgIpc) is 3.63. The molecule has 0 aliphatic carbocycles. The Morgan fingerprint density at radius 3 is 2.56 bits per heavy atom. The monoisotopic (exact) mass is 603 g/mol. The molecule has 3 aromatic heterocycles. The number of fused-ring (bicyclic) bond motifs is 1. The Bertz CT molecular complexity index is 1690. The summed E-state index contributed by atoms with van der Waals surface area (Å²) in [4.78, 5) is 33.4. The number of rotatable bonds is 7. The summed E-state index contributed by atoms with van der Waals surface area (Å²) in [6, 6.07) is 21.1. The van der Waals surface area contributed by atoms with E-state index in [4.69, 9.17) is 16.7 Å². The Balaban J connectivity index is 1.51. The zero-order valence-electron chi connectivity index (χ0n) is 21.5. The molecule has 7 nitrogen and oxygen atoms in total. The van der Waals surface area contributed by atoms with Gasteiger partial charge in [-0.2, -0.15) is 5.10 Å². The Labute approximate surface area is 249 Å². The Morgan fingerprint density at radius 1 is 1.05 bits per heavy atom. The van der Waals surface area contributed by atoms with Crippen molar-refractivity contribution in [3.8, 4) is 16.3 Å². The van der Waals surface area contributed by atoms with E-state index >= 15 is 0 Å². The van der Waals surface area contributed by atoms with Crippen LogP contribution in [0, 0.1) is 5.82 Å². The Hall–Kier alpha value is -3.99. The van der Waals surface area contributed by atoms with Crippen LogP contribution in [0.1, 0.15) is 21.9 Å². The van der Waals surface area contributed by atoms with E-state index in [2.05, 4.69) is 10.3 Å². The van der Waals surface area contributed by atoms with Gasteiger partial charge in [0.15, 0.2) is 0 Å². The van der Waals surface area contributed by atoms with Crippen LogP contribution in [0.25, 0.3) is 16.3 Å². The minimum Gasteiger partial charge on any atom is -0.350 e. The van der Waals surface area contributed by atoms with Crippen LogP contribution >= 0.6 is 34.7 Å². The van der Waals surface area contributed by atoms with Crippen LogP contribution < -0.4 is 10.2 Å². The van der Waals surface area contributed by atoms with E-state index in [0.29, 0.717) is 28.8 Å². The van der Waals surface area contributed by atoms with Gasteiger partial charge in [-0.15, -0.1) is 23.1 Å².